The van der Waals surface area contributed by atoms with Crippen LogP contribution in [0.3, 0.4) is 0 Å². The first kappa shape index (κ1) is 31.4. The number of ether oxygens (including phenoxy) is 1. The maximum atomic E-state index is 13.9. The summed E-state index contributed by atoms with van der Waals surface area (Å²) in [5.41, 5.74) is 3.06. The van der Waals surface area contributed by atoms with Crippen molar-refractivity contribution in [3.05, 3.63) is 108 Å². The molecular formula is C36H44O4Si2. The Kier molecular flexibility index (Phi) is 9.58. The lowest BCUT2D eigenvalue weighted by Crippen LogP contribution is -2.56. The second kappa shape index (κ2) is 12.8. The van der Waals surface area contributed by atoms with E-state index in [0.717, 1.165) is 16.3 Å². The molecule has 4 nitrogen and oxygen atoms in total. The summed E-state index contributed by atoms with van der Waals surface area (Å²) >= 11 is 0. The number of aliphatic carboxylic acids is 1. The van der Waals surface area contributed by atoms with E-state index >= 15 is 0 Å². The van der Waals surface area contributed by atoms with Crippen LogP contribution in [0.4, 0.5) is 0 Å². The molecule has 0 aliphatic carbocycles. The molecule has 0 heterocycles. The largest absolute Gasteiger partial charge is 0.481 e. The fraction of sp³-hybridized carbons (Fsp3) is 0.333. The molecule has 0 bridgehead atoms. The number of carboxylic acid groups (broad SMARTS) is 1. The minimum absolute atomic E-state index is 0.0339. The number of hydrogen-bond acceptors (Lipinski definition) is 3. The Morgan fingerprint density at radius 1 is 0.690 bits per heavy atom. The summed E-state index contributed by atoms with van der Waals surface area (Å²) in [6, 6.07) is 31.3. The molecule has 0 saturated heterocycles. The van der Waals surface area contributed by atoms with E-state index in [0.29, 0.717) is 0 Å². The van der Waals surface area contributed by atoms with Gasteiger partial charge in [0.1, 0.15) is 6.10 Å². The predicted octanol–water partition coefficient (Wildman–Crippen LogP) is 7.90. The summed E-state index contributed by atoms with van der Waals surface area (Å²) in [5, 5.41) is 14.8. The number of benzene rings is 4. The molecule has 4 rings (SSSR count). The number of carbonyl (C=O) groups is 2. The Balaban J connectivity index is 1.74. The van der Waals surface area contributed by atoms with Crippen molar-refractivity contribution in [1.29, 1.82) is 0 Å². The molecule has 6 heteroatoms. The zero-order valence-electron chi connectivity index (χ0n) is 26.0. The second-order valence-electron chi connectivity index (χ2n) is 12.9. The van der Waals surface area contributed by atoms with Crippen LogP contribution in [0.5, 0.6) is 0 Å². The maximum absolute atomic E-state index is 13.9. The zero-order chi connectivity index (χ0) is 30.7. The van der Waals surface area contributed by atoms with Gasteiger partial charge in [-0.3, -0.25) is 9.59 Å². The van der Waals surface area contributed by atoms with E-state index in [4.69, 9.17) is 4.74 Å². The zero-order valence-corrected chi connectivity index (χ0v) is 28.0. The van der Waals surface area contributed by atoms with Gasteiger partial charge in [0.05, 0.1) is 16.1 Å². The van der Waals surface area contributed by atoms with Gasteiger partial charge in [-0.15, -0.1) is 0 Å². The molecule has 0 aliphatic rings. The van der Waals surface area contributed by atoms with Gasteiger partial charge < -0.3 is 9.84 Å². The van der Waals surface area contributed by atoms with E-state index in [1.54, 1.807) is 0 Å². The number of carbonyl (C=O) groups excluding carboxylic acids is 1. The molecule has 0 saturated carbocycles. The summed E-state index contributed by atoms with van der Waals surface area (Å²) < 4.78 is 6.17. The molecular weight excluding hydrogens is 553 g/mol. The number of aryl methyl sites for hydroxylation is 2. The van der Waals surface area contributed by atoms with Crippen molar-refractivity contribution in [2.75, 3.05) is 0 Å². The lowest BCUT2D eigenvalue weighted by Gasteiger charge is -2.44. The normalized spacial score (nSPS) is 14.3. The average Bonchev–Trinajstić information content (AvgIpc) is 2.94. The van der Waals surface area contributed by atoms with Crippen molar-refractivity contribution >= 4 is 49.2 Å². The lowest BCUT2D eigenvalue weighted by molar-refractivity contribution is -0.149. The number of rotatable bonds is 11. The third kappa shape index (κ3) is 6.93. The summed E-state index contributed by atoms with van der Waals surface area (Å²) in [5.74, 6) is -1.08. The van der Waals surface area contributed by atoms with Crippen molar-refractivity contribution in [3.8, 4) is 0 Å². The molecule has 0 spiro atoms. The van der Waals surface area contributed by atoms with Gasteiger partial charge in [-0.25, -0.2) is 0 Å². The Labute approximate surface area is 252 Å². The fourth-order valence-electron chi connectivity index (χ4n) is 6.48. The number of carboxylic acids is 1. The number of esters is 1. The van der Waals surface area contributed by atoms with E-state index in [1.165, 1.54) is 21.5 Å². The Hall–Kier alpha value is -3.49. The molecule has 42 heavy (non-hydrogen) atoms. The van der Waals surface area contributed by atoms with E-state index in [9.17, 15) is 14.7 Å². The van der Waals surface area contributed by atoms with Gasteiger partial charge in [0.15, 0.2) is 0 Å². The quantitative estimate of drug-likeness (QED) is 0.141. The van der Waals surface area contributed by atoms with Crippen LogP contribution in [0, 0.1) is 13.8 Å². The number of fused-ring (bicyclic) bond motifs is 1. The predicted molar refractivity (Wildman–Crippen MR) is 179 cm³/mol. The summed E-state index contributed by atoms with van der Waals surface area (Å²) in [6.45, 7) is 15.2. The van der Waals surface area contributed by atoms with E-state index < -0.39 is 28.2 Å². The molecule has 0 radical (unpaired) electrons. The average molecular weight is 597 g/mol. The highest BCUT2D eigenvalue weighted by atomic mass is 28.3. The number of hydrogen-bond donors (Lipinski definition) is 1. The second-order valence-corrected chi connectivity index (χ2v) is 22.4. The van der Waals surface area contributed by atoms with Crippen LogP contribution in [0.25, 0.3) is 10.8 Å². The Morgan fingerprint density at radius 3 is 1.69 bits per heavy atom. The van der Waals surface area contributed by atoms with E-state index in [2.05, 4.69) is 107 Å². The maximum Gasteiger partial charge on any atom is 0.306 e. The van der Waals surface area contributed by atoms with Crippen molar-refractivity contribution in [2.24, 2.45) is 0 Å². The fourth-order valence-corrected chi connectivity index (χ4v) is 15.5. The summed E-state index contributed by atoms with van der Waals surface area (Å²) in [6.07, 6.45) is -0.192. The lowest BCUT2D eigenvalue weighted by atomic mass is 10.0. The van der Waals surface area contributed by atoms with Crippen LogP contribution in [0.1, 0.15) is 42.6 Å². The minimum atomic E-state index is -2.38. The molecule has 0 aliphatic heterocycles. The molecule has 3 atom stereocenters. The smallest absolute Gasteiger partial charge is 0.306 e. The molecule has 0 amide bonds. The van der Waals surface area contributed by atoms with Crippen LogP contribution in [-0.4, -0.2) is 33.2 Å². The SMILES string of the molecule is Cc1ccc([Si](C)(C)[C@H](CC(=O)O)[C@H](CC(=O)O[C@H](C)c2cccc3ccccc23)[Si](C)(C)c2ccc(C)cc2)cc1. The Bertz CT molecular complexity index is 1540. The topological polar surface area (TPSA) is 63.6 Å². The molecule has 4 aromatic carbocycles. The molecule has 0 unspecified atom stereocenters. The van der Waals surface area contributed by atoms with Gasteiger partial charge >= 0.3 is 11.9 Å². The van der Waals surface area contributed by atoms with Crippen LogP contribution >= 0.6 is 0 Å². The van der Waals surface area contributed by atoms with Crippen LogP contribution < -0.4 is 10.4 Å². The van der Waals surface area contributed by atoms with Gasteiger partial charge in [-0.05, 0) is 48.2 Å². The molecule has 220 valence electrons. The third-order valence-corrected chi connectivity index (χ3v) is 18.2. The highest BCUT2D eigenvalue weighted by Gasteiger charge is 2.48. The first-order chi connectivity index (χ1) is 19.8. The highest BCUT2D eigenvalue weighted by Crippen LogP contribution is 2.46. The van der Waals surface area contributed by atoms with Crippen molar-refractivity contribution in [2.45, 2.75) is 77.0 Å². The summed E-state index contributed by atoms with van der Waals surface area (Å²) in [4.78, 5) is 26.3. The van der Waals surface area contributed by atoms with Gasteiger partial charge in [-0.2, -0.15) is 0 Å². The van der Waals surface area contributed by atoms with Gasteiger partial charge in [0.25, 0.3) is 0 Å². The third-order valence-electron chi connectivity index (χ3n) is 9.28. The molecule has 0 fully saturated rings. The summed E-state index contributed by atoms with van der Waals surface area (Å²) in [7, 11) is -4.75. The van der Waals surface area contributed by atoms with Crippen LogP contribution in [-0.2, 0) is 14.3 Å². The van der Waals surface area contributed by atoms with Gasteiger partial charge in [0.2, 0.25) is 0 Å². The van der Waals surface area contributed by atoms with Gasteiger partial charge in [0, 0.05) is 12.8 Å². The molecule has 4 aromatic rings. The van der Waals surface area contributed by atoms with E-state index in [1.807, 2.05) is 31.2 Å². The van der Waals surface area contributed by atoms with Crippen molar-refractivity contribution < 1.29 is 19.4 Å². The first-order valence-corrected chi connectivity index (χ1v) is 21.0. The van der Waals surface area contributed by atoms with Crippen LogP contribution in [0.2, 0.25) is 37.3 Å². The first-order valence-electron chi connectivity index (χ1n) is 14.8. The monoisotopic (exact) mass is 596 g/mol. The molecule has 1 N–H and O–H groups in total. The van der Waals surface area contributed by atoms with Crippen molar-refractivity contribution in [3.63, 3.8) is 0 Å². The highest BCUT2D eigenvalue weighted by molar-refractivity contribution is 6.96. The van der Waals surface area contributed by atoms with Gasteiger partial charge in [-0.1, -0.05) is 139 Å². The standard InChI is InChI=1S/C36H44O4Si2/c1-25-15-19-29(20-16-25)41(4,5)33(23-35(37)38)34(42(6,7)30-21-17-26(2)18-22-30)24-36(39)40-27(3)31-14-10-12-28-11-8-9-13-32(28)31/h8-22,27,33-34H,23-24H2,1-7H3,(H,37,38)/t27-,33-,34+/m1/s1. The van der Waals surface area contributed by atoms with Crippen molar-refractivity contribution in [1.82, 2.24) is 0 Å². The molecule has 0 aromatic heterocycles. The van der Waals surface area contributed by atoms with Crippen LogP contribution in [0.15, 0.2) is 91.0 Å². The minimum Gasteiger partial charge on any atom is -0.481 e. The Morgan fingerprint density at radius 2 is 1.17 bits per heavy atom. The van der Waals surface area contributed by atoms with E-state index in [-0.39, 0.29) is 29.9 Å².